The van der Waals surface area contributed by atoms with Gasteiger partial charge in [-0.15, -0.1) is 0 Å². The maximum atomic E-state index is 14.4. The molecule has 2 aliphatic rings. The van der Waals surface area contributed by atoms with Crippen LogP contribution in [0.15, 0.2) is 70.4 Å². The van der Waals surface area contributed by atoms with E-state index in [-0.39, 0.29) is 34.9 Å². The summed E-state index contributed by atoms with van der Waals surface area (Å²) < 4.78 is 17.1. The average Bonchev–Trinajstić information content (AvgIpc) is 3.06. The summed E-state index contributed by atoms with van der Waals surface area (Å²) in [5.41, 5.74) is 2.81. The molecule has 2 fully saturated rings. The summed E-state index contributed by atoms with van der Waals surface area (Å²) >= 11 is 0. The maximum Gasteiger partial charge on any atom is 0.337 e. The molecule has 1 aliphatic carbocycles. The fourth-order valence-corrected chi connectivity index (χ4v) is 6.91. The van der Waals surface area contributed by atoms with E-state index >= 15 is 0 Å². The van der Waals surface area contributed by atoms with Crippen LogP contribution in [0.25, 0.3) is 27.8 Å². The Bertz CT molecular complexity index is 1850. The topological polar surface area (TPSA) is 92.5 Å². The highest BCUT2D eigenvalue weighted by atomic mass is 19.1. The van der Waals surface area contributed by atoms with Crippen LogP contribution in [-0.4, -0.2) is 68.1 Å². The van der Waals surface area contributed by atoms with Gasteiger partial charge in [-0.25, -0.2) is 18.7 Å². The summed E-state index contributed by atoms with van der Waals surface area (Å²) in [6.07, 6.45) is 3.43. The Hall–Kier alpha value is -4.15. The van der Waals surface area contributed by atoms with Crippen LogP contribution < -0.4 is 16.6 Å². The molecule has 1 amide bonds. The Morgan fingerprint density at radius 2 is 1.62 bits per heavy atom. The van der Waals surface area contributed by atoms with Crippen molar-refractivity contribution >= 4 is 16.9 Å². The van der Waals surface area contributed by atoms with Crippen LogP contribution in [0, 0.1) is 11.7 Å². The van der Waals surface area contributed by atoms with E-state index in [1.807, 2.05) is 38.1 Å². The molecule has 3 heterocycles. The third kappa shape index (κ3) is 7.09. The summed E-state index contributed by atoms with van der Waals surface area (Å²) in [5.74, 6) is -0.757. The van der Waals surface area contributed by atoms with Gasteiger partial charge in [-0.2, -0.15) is 0 Å². The zero-order valence-corrected chi connectivity index (χ0v) is 27.8. The highest BCUT2D eigenvalue weighted by Gasteiger charge is 2.28. The number of carbonyl (C=O) groups is 1. The lowest BCUT2D eigenvalue weighted by atomic mass is 9.90. The molecule has 1 N–H and O–H groups in total. The van der Waals surface area contributed by atoms with Gasteiger partial charge in [-0.3, -0.25) is 24.0 Å². The minimum atomic E-state index is -0.637. The third-order valence-corrected chi connectivity index (χ3v) is 9.76. The molecular formula is C37H45FN6O3. The number of carbonyl (C=O) groups excluding carboxylic acids is 1. The van der Waals surface area contributed by atoms with E-state index in [1.165, 1.54) is 14.7 Å². The molecule has 0 radical (unpaired) electrons. The number of nitrogens with one attached hydrogen (secondary N) is 1. The Kier molecular flexibility index (Phi) is 9.70. The molecule has 4 aromatic rings. The molecular weight excluding hydrogens is 595 g/mol. The van der Waals surface area contributed by atoms with Crippen LogP contribution in [-0.2, 0) is 11.3 Å². The van der Waals surface area contributed by atoms with Crippen molar-refractivity contribution in [3.63, 3.8) is 0 Å². The fourth-order valence-electron chi connectivity index (χ4n) is 6.91. The Morgan fingerprint density at radius 3 is 2.28 bits per heavy atom. The quantitative estimate of drug-likeness (QED) is 0.287. The minimum absolute atomic E-state index is 0.00296. The first kappa shape index (κ1) is 32.8. The third-order valence-electron chi connectivity index (χ3n) is 9.76. The first-order valence-electron chi connectivity index (χ1n) is 16.9. The summed E-state index contributed by atoms with van der Waals surface area (Å²) in [6, 6.07) is 17.5. The number of benzene rings is 2. The van der Waals surface area contributed by atoms with Crippen LogP contribution in [0.5, 0.6) is 0 Å². The Morgan fingerprint density at radius 1 is 0.915 bits per heavy atom. The summed E-state index contributed by atoms with van der Waals surface area (Å²) in [4.78, 5) is 49.4. The number of pyridine rings is 1. The van der Waals surface area contributed by atoms with Gasteiger partial charge in [0.05, 0.1) is 17.3 Å². The molecule has 9 nitrogen and oxygen atoms in total. The summed E-state index contributed by atoms with van der Waals surface area (Å²) in [6.45, 7) is 13.4. The van der Waals surface area contributed by atoms with Crippen LogP contribution in [0.1, 0.15) is 65.0 Å². The van der Waals surface area contributed by atoms with Crippen molar-refractivity contribution in [2.45, 2.75) is 78.0 Å². The predicted octanol–water partition coefficient (Wildman–Crippen LogP) is 5.14. The lowest BCUT2D eigenvalue weighted by Gasteiger charge is -2.36. The van der Waals surface area contributed by atoms with Gasteiger partial charge in [0, 0.05) is 56.8 Å². The van der Waals surface area contributed by atoms with E-state index < -0.39 is 17.1 Å². The van der Waals surface area contributed by atoms with Gasteiger partial charge in [0.15, 0.2) is 5.65 Å². The van der Waals surface area contributed by atoms with Crippen molar-refractivity contribution < 1.29 is 9.18 Å². The molecule has 1 saturated carbocycles. The molecule has 0 unspecified atom stereocenters. The highest BCUT2D eigenvalue weighted by Crippen LogP contribution is 2.28. The number of nitrogens with zero attached hydrogens (tertiary/aromatic N) is 5. The van der Waals surface area contributed by atoms with E-state index in [9.17, 15) is 18.8 Å². The maximum absolute atomic E-state index is 14.4. The standard InChI is InChI=1S/C37H45FN6O3/c1-24(2)35(45)40-30-12-14-31(15-13-30)44-36(46)33-21-29(38)22-39-34(33)43(37(44)47)32-7-5-6-28(20-32)27-10-8-26(9-11-27)23-41-16-18-42(19-17-41)25(3)4/h5-11,20-22,24-25,30-31H,12-19,23H2,1-4H3,(H,40,45)/t30-,31+. The van der Waals surface area contributed by atoms with Crippen molar-refractivity contribution in [3.05, 3.63) is 93.0 Å². The molecule has 0 spiro atoms. The van der Waals surface area contributed by atoms with Gasteiger partial charge in [0.2, 0.25) is 5.91 Å². The SMILES string of the molecule is CC(C)C(=O)N[C@H]1CC[C@@H](n2c(=O)c3cc(F)cnc3n(-c3cccc(-c4ccc(CN5CCN(C(C)C)CC5)cc4)c3)c2=O)CC1. The van der Waals surface area contributed by atoms with Crippen LogP contribution in [0.2, 0.25) is 0 Å². The molecule has 6 rings (SSSR count). The number of rotatable bonds is 8. The Labute approximate surface area is 275 Å². The van der Waals surface area contributed by atoms with E-state index in [0.717, 1.165) is 56.1 Å². The number of hydrogen-bond acceptors (Lipinski definition) is 6. The van der Waals surface area contributed by atoms with Crippen molar-refractivity contribution in [1.82, 2.24) is 29.2 Å². The van der Waals surface area contributed by atoms with Gasteiger partial charge in [-0.1, -0.05) is 50.2 Å². The van der Waals surface area contributed by atoms with Crippen LogP contribution in [0.4, 0.5) is 4.39 Å². The van der Waals surface area contributed by atoms with Gasteiger partial charge < -0.3 is 5.32 Å². The van der Waals surface area contributed by atoms with E-state index in [1.54, 1.807) is 0 Å². The van der Waals surface area contributed by atoms with Crippen LogP contribution in [0.3, 0.4) is 0 Å². The largest absolute Gasteiger partial charge is 0.353 e. The molecule has 0 bridgehead atoms. The first-order valence-corrected chi connectivity index (χ1v) is 16.9. The first-order chi connectivity index (χ1) is 22.6. The highest BCUT2D eigenvalue weighted by molar-refractivity contribution is 5.78. The number of fused-ring (bicyclic) bond motifs is 1. The zero-order valence-electron chi connectivity index (χ0n) is 27.8. The second-order valence-electron chi connectivity index (χ2n) is 13.6. The van der Waals surface area contributed by atoms with Gasteiger partial charge in [-0.05, 0) is 74.4 Å². The van der Waals surface area contributed by atoms with Crippen molar-refractivity contribution in [2.75, 3.05) is 26.2 Å². The second-order valence-corrected chi connectivity index (χ2v) is 13.6. The van der Waals surface area contributed by atoms with E-state index in [0.29, 0.717) is 37.4 Å². The fraction of sp³-hybridized carbons (Fsp3) is 0.459. The summed E-state index contributed by atoms with van der Waals surface area (Å²) in [7, 11) is 0. The molecule has 0 atom stereocenters. The number of halogens is 1. The van der Waals surface area contributed by atoms with Gasteiger partial charge >= 0.3 is 5.69 Å². The molecule has 1 aliphatic heterocycles. The molecule has 2 aromatic heterocycles. The van der Waals surface area contributed by atoms with Crippen molar-refractivity contribution in [2.24, 2.45) is 5.92 Å². The summed E-state index contributed by atoms with van der Waals surface area (Å²) in [5, 5.41) is 3.13. The zero-order chi connectivity index (χ0) is 33.2. The Balaban J connectivity index is 1.28. The minimum Gasteiger partial charge on any atom is -0.353 e. The normalized spacial score (nSPS) is 19.5. The molecule has 10 heteroatoms. The van der Waals surface area contributed by atoms with Gasteiger partial charge in [0.1, 0.15) is 5.82 Å². The molecule has 47 heavy (non-hydrogen) atoms. The number of amides is 1. The van der Waals surface area contributed by atoms with E-state index in [2.05, 4.69) is 58.2 Å². The lowest BCUT2D eigenvalue weighted by molar-refractivity contribution is -0.125. The smallest absolute Gasteiger partial charge is 0.337 e. The number of piperazine rings is 1. The number of aromatic nitrogens is 3. The second kappa shape index (κ2) is 13.9. The van der Waals surface area contributed by atoms with Crippen LogP contribution >= 0.6 is 0 Å². The predicted molar refractivity (Wildman–Crippen MR) is 183 cm³/mol. The lowest BCUT2D eigenvalue weighted by Crippen LogP contribution is -2.48. The molecule has 248 valence electrons. The average molecular weight is 641 g/mol. The van der Waals surface area contributed by atoms with E-state index in [4.69, 9.17) is 0 Å². The monoisotopic (exact) mass is 640 g/mol. The molecule has 1 saturated heterocycles. The van der Waals surface area contributed by atoms with Gasteiger partial charge in [0.25, 0.3) is 5.56 Å². The molecule has 2 aromatic carbocycles. The van der Waals surface area contributed by atoms with Crippen molar-refractivity contribution in [3.8, 4) is 16.8 Å². The van der Waals surface area contributed by atoms with Crippen molar-refractivity contribution in [1.29, 1.82) is 0 Å². The number of hydrogen-bond donors (Lipinski definition) is 1.